The summed E-state index contributed by atoms with van der Waals surface area (Å²) in [6.07, 6.45) is 1.89. The van der Waals surface area contributed by atoms with Crippen molar-refractivity contribution >= 4 is 11.9 Å². The summed E-state index contributed by atoms with van der Waals surface area (Å²) in [4.78, 5) is 26.3. The number of halogens is 1. The number of carboxylic acids is 1. The first kappa shape index (κ1) is 17.7. The molecular formula is C17H19FN2O4. The quantitative estimate of drug-likeness (QED) is 0.774. The van der Waals surface area contributed by atoms with Gasteiger partial charge in [-0.05, 0) is 18.1 Å². The molecular weight excluding hydrogens is 315 g/mol. The number of aliphatic carboxylic acids is 1. The summed E-state index contributed by atoms with van der Waals surface area (Å²) in [6.45, 7) is 2.06. The number of hydrogen-bond acceptors (Lipinski definition) is 4. The Kier molecular flexibility index (Phi) is 6.06. The van der Waals surface area contributed by atoms with E-state index in [1.807, 2.05) is 0 Å². The van der Waals surface area contributed by atoms with Gasteiger partial charge in [-0.3, -0.25) is 9.59 Å². The maximum atomic E-state index is 13.7. The van der Waals surface area contributed by atoms with E-state index in [9.17, 15) is 14.0 Å². The van der Waals surface area contributed by atoms with Crippen LogP contribution in [0.25, 0.3) is 11.3 Å². The number of benzene rings is 1. The first-order valence-electron chi connectivity index (χ1n) is 7.63. The molecule has 1 aromatic heterocycles. The van der Waals surface area contributed by atoms with Crippen LogP contribution in [0.5, 0.6) is 0 Å². The minimum Gasteiger partial charge on any atom is -0.481 e. The minimum atomic E-state index is -0.891. The topological polar surface area (TPSA) is 92.4 Å². The molecule has 1 aromatic carbocycles. The molecule has 1 heterocycles. The van der Waals surface area contributed by atoms with E-state index in [1.54, 1.807) is 25.1 Å². The number of rotatable bonds is 8. The molecule has 0 saturated carbocycles. The lowest BCUT2D eigenvalue weighted by Crippen LogP contribution is -2.29. The van der Waals surface area contributed by atoms with Crippen molar-refractivity contribution in [3.63, 3.8) is 0 Å². The average Bonchev–Trinajstić information content (AvgIpc) is 2.99. The molecule has 2 rings (SSSR count). The SMILES string of the molecule is CC(CNC(=O)CCc1ncc(-c2ccccc2F)o1)CC(=O)O. The van der Waals surface area contributed by atoms with Crippen LogP contribution in [-0.4, -0.2) is 28.5 Å². The van der Waals surface area contributed by atoms with Gasteiger partial charge >= 0.3 is 5.97 Å². The Morgan fingerprint density at radius 1 is 1.38 bits per heavy atom. The second kappa shape index (κ2) is 8.24. The third-order valence-electron chi connectivity index (χ3n) is 3.43. The van der Waals surface area contributed by atoms with Crippen molar-refractivity contribution in [3.05, 3.63) is 42.2 Å². The maximum absolute atomic E-state index is 13.7. The van der Waals surface area contributed by atoms with Crippen LogP contribution in [0, 0.1) is 11.7 Å². The first-order chi connectivity index (χ1) is 11.5. The van der Waals surface area contributed by atoms with Crippen LogP contribution in [0.4, 0.5) is 4.39 Å². The fourth-order valence-corrected chi connectivity index (χ4v) is 2.18. The van der Waals surface area contributed by atoms with Gasteiger partial charge in [0.15, 0.2) is 11.7 Å². The summed E-state index contributed by atoms with van der Waals surface area (Å²) in [5, 5.41) is 11.3. The second-order valence-electron chi connectivity index (χ2n) is 5.61. The monoisotopic (exact) mass is 334 g/mol. The van der Waals surface area contributed by atoms with Crippen LogP contribution in [-0.2, 0) is 16.0 Å². The third kappa shape index (κ3) is 5.19. The van der Waals surface area contributed by atoms with E-state index >= 15 is 0 Å². The van der Waals surface area contributed by atoms with Gasteiger partial charge < -0.3 is 14.8 Å². The summed E-state index contributed by atoms with van der Waals surface area (Å²) in [5.41, 5.74) is 0.322. The summed E-state index contributed by atoms with van der Waals surface area (Å²) in [6, 6.07) is 6.22. The molecule has 128 valence electrons. The van der Waals surface area contributed by atoms with Crippen LogP contribution in [0.15, 0.2) is 34.9 Å². The van der Waals surface area contributed by atoms with Crippen LogP contribution in [0.1, 0.15) is 25.7 Å². The lowest BCUT2D eigenvalue weighted by molar-refractivity contribution is -0.138. The van der Waals surface area contributed by atoms with E-state index in [2.05, 4.69) is 10.3 Å². The zero-order valence-electron chi connectivity index (χ0n) is 13.3. The number of amides is 1. The summed E-state index contributed by atoms with van der Waals surface area (Å²) >= 11 is 0. The van der Waals surface area contributed by atoms with Gasteiger partial charge in [-0.15, -0.1) is 0 Å². The zero-order chi connectivity index (χ0) is 17.5. The largest absolute Gasteiger partial charge is 0.481 e. The molecule has 7 heteroatoms. The van der Waals surface area contributed by atoms with Crippen molar-refractivity contribution in [2.75, 3.05) is 6.54 Å². The Morgan fingerprint density at radius 2 is 2.12 bits per heavy atom. The van der Waals surface area contributed by atoms with Crippen LogP contribution in [0.2, 0.25) is 0 Å². The van der Waals surface area contributed by atoms with E-state index in [-0.39, 0.29) is 31.1 Å². The Morgan fingerprint density at radius 3 is 2.83 bits per heavy atom. The van der Waals surface area contributed by atoms with Gasteiger partial charge in [-0.2, -0.15) is 0 Å². The van der Waals surface area contributed by atoms with Gasteiger partial charge in [-0.1, -0.05) is 19.1 Å². The first-order valence-corrected chi connectivity index (χ1v) is 7.63. The van der Waals surface area contributed by atoms with Crippen molar-refractivity contribution in [3.8, 4) is 11.3 Å². The Balaban J connectivity index is 1.82. The standard InChI is InChI=1S/C17H19FN2O4/c1-11(8-17(22)23)9-19-15(21)6-7-16-20-10-14(24-16)12-4-2-3-5-13(12)18/h2-5,10-11H,6-9H2,1H3,(H,19,21)(H,22,23). The minimum absolute atomic E-state index is 0.00597. The van der Waals surface area contributed by atoms with E-state index in [0.717, 1.165) is 0 Å². The number of oxazole rings is 1. The zero-order valence-corrected chi connectivity index (χ0v) is 13.3. The molecule has 0 fully saturated rings. The lowest BCUT2D eigenvalue weighted by atomic mass is 10.1. The predicted molar refractivity (Wildman–Crippen MR) is 84.6 cm³/mol. The molecule has 1 unspecified atom stereocenters. The smallest absolute Gasteiger partial charge is 0.303 e. The van der Waals surface area contributed by atoms with E-state index in [4.69, 9.17) is 9.52 Å². The second-order valence-corrected chi connectivity index (χ2v) is 5.61. The molecule has 0 radical (unpaired) electrons. The number of carbonyl (C=O) groups is 2. The normalized spacial score (nSPS) is 11.9. The molecule has 0 spiro atoms. The highest BCUT2D eigenvalue weighted by Crippen LogP contribution is 2.23. The summed E-state index contributed by atoms with van der Waals surface area (Å²) < 4.78 is 19.1. The number of aryl methyl sites for hydroxylation is 1. The van der Waals surface area contributed by atoms with Gasteiger partial charge in [0.25, 0.3) is 0 Å². The molecule has 2 aromatic rings. The number of carbonyl (C=O) groups excluding carboxylic acids is 1. The number of hydrogen-bond donors (Lipinski definition) is 2. The Bertz CT molecular complexity index is 714. The van der Waals surface area contributed by atoms with E-state index < -0.39 is 11.8 Å². The Labute approximate surface area is 138 Å². The van der Waals surface area contributed by atoms with Gasteiger partial charge in [0.1, 0.15) is 5.82 Å². The number of aromatic nitrogens is 1. The van der Waals surface area contributed by atoms with Crippen molar-refractivity contribution < 1.29 is 23.5 Å². The Hall–Kier alpha value is -2.70. The highest BCUT2D eigenvalue weighted by atomic mass is 19.1. The lowest BCUT2D eigenvalue weighted by Gasteiger charge is -2.09. The summed E-state index contributed by atoms with van der Waals surface area (Å²) in [5.74, 6) is -0.970. The van der Waals surface area contributed by atoms with E-state index in [1.165, 1.54) is 12.3 Å². The summed E-state index contributed by atoms with van der Waals surface area (Å²) in [7, 11) is 0. The van der Waals surface area contributed by atoms with Gasteiger partial charge in [0, 0.05) is 25.8 Å². The molecule has 1 atom stereocenters. The van der Waals surface area contributed by atoms with Gasteiger partial charge in [0.2, 0.25) is 5.91 Å². The number of carboxylic acid groups (broad SMARTS) is 1. The third-order valence-corrected chi connectivity index (χ3v) is 3.43. The molecule has 0 bridgehead atoms. The highest BCUT2D eigenvalue weighted by molar-refractivity contribution is 5.76. The molecule has 6 nitrogen and oxygen atoms in total. The van der Waals surface area contributed by atoms with Crippen molar-refractivity contribution in [2.45, 2.75) is 26.2 Å². The molecule has 0 aliphatic carbocycles. The van der Waals surface area contributed by atoms with Crippen molar-refractivity contribution in [1.29, 1.82) is 0 Å². The van der Waals surface area contributed by atoms with Crippen LogP contribution < -0.4 is 5.32 Å². The molecule has 24 heavy (non-hydrogen) atoms. The molecule has 0 aliphatic rings. The van der Waals surface area contributed by atoms with Gasteiger partial charge in [-0.25, -0.2) is 9.37 Å². The molecule has 1 amide bonds. The number of nitrogens with zero attached hydrogens (tertiary/aromatic N) is 1. The van der Waals surface area contributed by atoms with E-state index in [0.29, 0.717) is 23.8 Å². The number of nitrogens with one attached hydrogen (secondary N) is 1. The fourth-order valence-electron chi connectivity index (χ4n) is 2.18. The maximum Gasteiger partial charge on any atom is 0.303 e. The van der Waals surface area contributed by atoms with Crippen LogP contribution >= 0.6 is 0 Å². The molecule has 0 aliphatic heterocycles. The fraction of sp³-hybridized carbons (Fsp3) is 0.353. The van der Waals surface area contributed by atoms with Crippen LogP contribution in [0.3, 0.4) is 0 Å². The average molecular weight is 334 g/mol. The predicted octanol–water partition coefficient (Wildman–Crippen LogP) is 2.64. The van der Waals surface area contributed by atoms with Crippen molar-refractivity contribution in [1.82, 2.24) is 10.3 Å². The molecule has 0 saturated heterocycles. The van der Waals surface area contributed by atoms with Crippen molar-refractivity contribution in [2.24, 2.45) is 5.92 Å². The van der Waals surface area contributed by atoms with Gasteiger partial charge in [0.05, 0.1) is 11.8 Å². The highest BCUT2D eigenvalue weighted by Gasteiger charge is 2.13. The molecule has 2 N–H and O–H groups in total.